The molecule has 4 N–H and O–H groups in total. The molecule has 98 valence electrons. The van der Waals surface area contributed by atoms with E-state index in [9.17, 15) is 9.59 Å². The Morgan fingerprint density at radius 2 is 2.06 bits per heavy atom. The molecule has 1 aromatic rings. The van der Waals surface area contributed by atoms with Crippen molar-refractivity contribution in [3.05, 3.63) is 24.3 Å². The van der Waals surface area contributed by atoms with Gasteiger partial charge in [0.15, 0.2) is 0 Å². The third kappa shape index (κ3) is 3.13. The van der Waals surface area contributed by atoms with Gasteiger partial charge in [0, 0.05) is 7.05 Å². The minimum absolute atomic E-state index is 0.264. The highest BCUT2D eigenvalue weighted by molar-refractivity contribution is 5.88. The molecule has 18 heavy (non-hydrogen) atoms. The van der Waals surface area contributed by atoms with Crippen LogP contribution in [0.1, 0.15) is 6.92 Å². The number of amides is 1. The number of benzene rings is 1. The second kappa shape index (κ2) is 5.90. The molecule has 0 heterocycles. The number of anilines is 2. The van der Waals surface area contributed by atoms with Gasteiger partial charge >= 0.3 is 5.97 Å². The zero-order valence-corrected chi connectivity index (χ0v) is 10.4. The third-order valence-electron chi connectivity index (χ3n) is 2.65. The fourth-order valence-electron chi connectivity index (χ4n) is 1.68. The van der Waals surface area contributed by atoms with Crippen LogP contribution in [0.2, 0.25) is 0 Å². The summed E-state index contributed by atoms with van der Waals surface area (Å²) in [5.74, 6) is -1.28. The van der Waals surface area contributed by atoms with E-state index in [2.05, 4.69) is 5.32 Å². The maximum atomic E-state index is 11.6. The number of carbonyl (C=O) groups excluding carboxylic acids is 1. The Morgan fingerprint density at radius 3 is 2.56 bits per heavy atom. The van der Waals surface area contributed by atoms with Crippen LogP contribution in [0.25, 0.3) is 0 Å². The molecule has 1 rings (SSSR count). The van der Waals surface area contributed by atoms with E-state index in [0.29, 0.717) is 11.4 Å². The lowest BCUT2D eigenvalue weighted by Gasteiger charge is -2.29. The van der Waals surface area contributed by atoms with E-state index in [1.54, 1.807) is 31.2 Å². The Kier molecular flexibility index (Phi) is 4.53. The molecule has 6 nitrogen and oxygen atoms in total. The van der Waals surface area contributed by atoms with Gasteiger partial charge in [-0.3, -0.25) is 9.59 Å². The molecular weight excluding hydrogens is 234 g/mol. The lowest BCUT2D eigenvalue weighted by Crippen LogP contribution is -2.46. The molecule has 1 amide bonds. The van der Waals surface area contributed by atoms with E-state index < -0.39 is 12.0 Å². The quantitative estimate of drug-likeness (QED) is 0.654. The van der Waals surface area contributed by atoms with Gasteiger partial charge < -0.3 is 21.1 Å². The van der Waals surface area contributed by atoms with Crippen LogP contribution in [0.3, 0.4) is 0 Å². The van der Waals surface area contributed by atoms with Crippen LogP contribution in [0.4, 0.5) is 11.4 Å². The second-order valence-electron chi connectivity index (χ2n) is 3.87. The standard InChI is InChI=1S/C12H17N3O3/c1-8(12(18)14-2)15(7-11(16)17)10-6-4-3-5-9(10)13/h3-6,8H,7,13H2,1-2H3,(H,14,18)(H,16,17). The maximum Gasteiger partial charge on any atom is 0.323 e. The van der Waals surface area contributed by atoms with Gasteiger partial charge in [-0.1, -0.05) is 12.1 Å². The van der Waals surface area contributed by atoms with Gasteiger partial charge in [-0.25, -0.2) is 0 Å². The molecule has 0 radical (unpaired) electrons. The number of carbonyl (C=O) groups is 2. The van der Waals surface area contributed by atoms with E-state index in [1.165, 1.54) is 11.9 Å². The maximum absolute atomic E-state index is 11.6. The largest absolute Gasteiger partial charge is 0.480 e. The van der Waals surface area contributed by atoms with E-state index in [0.717, 1.165) is 0 Å². The highest BCUT2D eigenvalue weighted by Crippen LogP contribution is 2.24. The van der Waals surface area contributed by atoms with Gasteiger partial charge in [-0.2, -0.15) is 0 Å². The molecule has 0 aliphatic heterocycles. The second-order valence-corrected chi connectivity index (χ2v) is 3.87. The number of carboxylic acid groups (broad SMARTS) is 1. The molecule has 0 aromatic heterocycles. The average Bonchev–Trinajstić information content (AvgIpc) is 2.35. The number of rotatable bonds is 5. The Labute approximate surface area is 105 Å². The van der Waals surface area contributed by atoms with Gasteiger partial charge in [-0.05, 0) is 19.1 Å². The zero-order chi connectivity index (χ0) is 13.7. The summed E-state index contributed by atoms with van der Waals surface area (Å²) < 4.78 is 0. The van der Waals surface area contributed by atoms with Crippen molar-refractivity contribution in [2.24, 2.45) is 0 Å². The van der Waals surface area contributed by atoms with E-state index in [1.807, 2.05) is 0 Å². The lowest BCUT2D eigenvalue weighted by atomic mass is 10.2. The van der Waals surface area contributed by atoms with Crippen LogP contribution in [-0.2, 0) is 9.59 Å². The molecular formula is C12H17N3O3. The van der Waals surface area contributed by atoms with Crippen molar-refractivity contribution >= 4 is 23.3 Å². The van der Waals surface area contributed by atoms with Crippen molar-refractivity contribution in [3.8, 4) is 0 Å². The molecule has 1 aromatic carbocycles. The summed E-state index contributed by atoms with van der Waals surface area (Å²) in [5, 5.41) is 11.4. The fraction of sp³-hybridized carbons (Fsp3) is 0.333. The Morgan fingerprint density at radius 1 is 1.44 bits per heavy atom. The summed E-state index contributed by atoms with van der Waals surface area (Å²) in [6.45, 7) is 1.34. The van der Waals surface area contributed by atoms with Gasteiger partial charge in [0.05, 0.1) is 11.4 Å². The molecule has 0 saturated heterocycles. The van der Waals surface area contributed by atoms with Crippen LogP contribution < -0.4 is 16.0 Å². The van der Waals surface area contributed by atoms with E-state index >= 15 is 0 Å². The minimum Gasteiger partial charge on any atom is -0.480 e. The number of nitrogens with two attached hydrogens (primary N) is 1. The van der Waals surface area contributed by atoms with Gasteiger partial charge in [0.25, 0.3) is 0 Å². The predicted octanol–water partition coefficient (Wildman–Crippen LogP) is 0.294. The molecule has 1 atom stereocenters. The van der Waals surface area contributed by atoms with Crippen molar-refractivity contribution in [2.75, 3.05) is 24.2 Å². The van der Waals surface area contributed by atoms with Crippen LogP contribution in [-0.4, -0.2) is 36.6 Å². The van der Waals surface area contributed by atoms with Crippen LogP contribution >= 0.6 is 0 Å². The number of carboxylic acids is 1. The first-order valence-electron chi connectivity index (χ1n) is 5.52. The highest BCUT2D eigenvalue weighted by Gasteiger charge is 2.24. The first kappa shape index (κ1) is 13.8. The van der Waals surface area contributed by atoms with Gasteiger partial charge in [0.2, 0.25) is 5.91 Å². The summed E-state index contributed by atoms with van der Waals surface area (Å²) in [6, 6.07) is 6.24. The Bertz CT molecular complexity index is 448. The molecule has 0 saturated carbocycles. The van der Waals surface area contributed by atoms with Crippen LogP contribution in [0.15, 0.2) is 24.3 Å². The average molecular weight is 251 g/mol. The van der Waals surface area contributed by atoms with E-state index in [4.69, 9.17) is 10.8 Å². The minimum atomic E-state index is -1.02. The molecule has 0 aliphatic rings. The van der Waals surface area contributed by atoms with Gasteiger partial charge in [0.1, 0.15) is 12.6 Å². The Balaban J connectivity index is 3.09. The summed E-state index contributed by atoms with van der Waals surface area (Å²) in [4.78, 5) is 24.0. The van der Waals surface area contributed by atoms with Crippen LogP contribution in [0, 0.1) is 0 Å². The summed E-state index contributed by atoms with van der Waals surface area (Å²) >= 11 is 0. The first-order valence-corrected chi connectivity index (χ1v) is 5.52. The monoisotopic (exact) mass is 251 g/mol. The number of nitrogen functional groups attached to an aromatic ring is 1. The van der Waals surface area contributed by atoms with Crippen molar-refractivity contribution < 1.29 is 14.7 Å². The van der Waals surface area contributed by atoms with E-state index in [-0.39, 0.29) is 12.5 Å². The smallest absolute Gasteiger partial charge is 0.323 e. The fourth-order valence-corrected chi connectivity index (χ4v) is 1.68. The molecule has 6 heteroatoms. The summed E-state index contributed by atoms with van der Waals surface area (Å²) in [6.07, 6.45) is 0. The number of nitrogens with one attached hydrogen (secondary N) is 1. The van der Waals surface area contributed by atoms with Crippen molar-refractivity contribution in [3.63, 3.8) is 0 Å². The van der Waals surface area contributed by atoms with Crippen LogP contribution in [0.5, 0.6) is 0 Å². The SMILES string of the molecule is CNC(=O)C(C)N(CC(=O)O)c1ccccc1N. The number of likely N-dealkylation sites (N-methyl/N-ethyl adjacent to an activating group) is 1. The number of hydrogen-bond donors (Lipinski definition) is 3. The first-order chi connectivity index (χ1) is 8.47. The van der Waals surface area contributed by atoms with Gasteiger partial charge in [-0.15, -0.1) is 0 Å². The highest BCUT2D eigenvalue weighted by atomic mass is 16.4. The zero-order valence-electron chi connectivity index (χ0n) is 10.4. The number of nitrogens with zero attached hydrogens (tertiary/aromatic N) is 1. The molecule has 1 unspecified atom stereocenters. The number of aliphatic carboxylic acids is 1. The molecule has 0 aliphatic carbocycles. The topological polar surface area (TPSA) is 95.7 Å². The normalized spacial score (nSPS) is 11.7. The Hall–Kier alpha value is -2.24. The molecule has 0 fully saturated rings. The van der Waals surface area contributed by atoms with Crippen molar-refractivity contribution in [2.45, 2.75) is 13.0 Å². The summed E-state index contributed by atoms with van der Waals surface area (Å²) in [5.41, 5.74) is 6.79. The molecule has 0 spiro atoms. The predicted molar refractivity (Wildman–Crippen MR) is 69.4 cm³/mol. The van der Waals surface area contributed by atoms with Crippen molar-refractivity contribution in [1.29, 1.82) is 0 Å². The number of hydrogen-bond acceptors (Lipinski definition) is 4. The third-order valence-corrected chi connectivity index (χ3v) is 2.65. The lowest BCUT2D eigenvalue weighted by molar-refractivity contribution is -0.135. The molecule has 0 bridgehead atoms. The summed E-state index contributed by atoms with van der Waals surface area (Å²) in [7, 11) is 1.51. The van der Waals surface area contributed by atoms with Crippen molar-refractivity contribution in [1.82, 2.24) is 5.32 Å². The number of para-hydroxylation sites is 2.